The van der Waals surface area contributed by atoms with Crippen LogP contribution in [0.1, 0.15) is 31.9 Å². The normalized spacial score (nSPS) is 12.7. The molecule has 0 heterocycles. The molecule has 0 saturated heterocycles. The standard InChI is InChI=1S/C21H27ClN2O3S/c1-14(2)17(5)23-21(25)13-24(20-11-8-18(22)12-16(20)4)28(26,27)19-9-6-15(3)7-10-19/h6-12,14,17H,13H2,1-5H3,(H,23,25)/t17-/m0/s1. The first-order chi connectivity index (χ1) is 13.0. The summed E-state index contributed by atoms with van der Waals surface area (Å²) in [6, 6.07) is 11.4. The molecule has 0 saturated carbocycles. The van der Waals surface area contributed by atoms with E-state index in [1.807, 2.05) is 27.7 Å². The van der Waals surface area contributed by atoms with E-state index >= 15 is 0 Å². The zero-order valence-corrected chi connectivity index (χ0v) is 18.4. The summed E-state index contributed by atoms with van der Waals surface area (Å²) in [6.45, 7) is 9.24. The number of rotatable bonds is 7. The molecule has 2 rings (SSSR count). The lowest BCUT2D eigenvalue weighted by Gasteiger charge is -2.27. The quantitative estimate of drug-likeness (QED) is 0.722. The third-order valence-corrected chi connectivity index (χ3v) is 6.72. The Kier molecular flexibility index (Phi) is 7.12. The van der Waals surface area contributed by atoms with Gasteiger partial charge in [0.05, 0.1) is 10.6 Å². The third-order valence-electron chi connectivity index (χ3n) is 4.71. The van der Waals surface area contributed by atoms with E-state index in [0.717, 1.165) is 9.87 Å². The molecule has 0 aliphatic rings. The number of hydrogen-bond donors (Lipinski definition) is 1. The largest absolute Gasteiger partial charge is 0.352 e. The smallest absolute Gasteiger partial charge is 0.264 e. The van der Waals surface area contributed by atoms with Crippen molar-refractivity contribution < 1.29 is 13.2 Å². The van der Waals surface area contributed by atoms with Crippen LogP contribution in [0.4, 0.5) is 5.69 Å². The van der Waals surface area contributed by atoms with Gasteiger partial charge in [-0.15, -0.1) is 0 Å². The van der Waals surface area contributed by atoms with Gasteiger partial charge in [-0.1, -0.05) is 43.1 Å². The molecule has 2 aromatic carbocycles. The summed E-state index contributed by atoms with van der Waals surface area (Å²) < 4.78 is 27.8. The Bertz CT molecular complexity index is 941. The summed E-state index contributed by atoms with van der Waals surface area (Å²) in [5, 5.41) is 3.38. The zero-order chi connectivity index (χ0) is 21.1. The van der Waals surface area contributed by atoms with Crippen molar-refractivity contribution in [3.63, 3.8) is 0 Å². The molecule has 1 N–H and O–H groups in total. The predicted molar refractivity (Wildman–Crippen MR) is 114 cm³/mol. The summed E-state index contributed by atoms with van der Waals surface area (Å²) in [5.41, 5.74) is 2.06. The maximum Gasteiger partial charge on any atom is 0.264 e. The summed E-state index contributed by atoms with van der Waals surface area (Å²) in [4.78, 5) is 12.7. The van der Waals surface area contributed by atoms with E-state index in [1.54, 1.807) is 49.4 Å². The van der Waals surface area contributed by atoms with Crippen molar-refractivity contribution in [3.05, 3.63) is 58.6 Å². The van der Waals surface area contributed by atoms with Crippen LogP contribution in [-0.2, 0) is 14.8 Å². The minimum absolute atomic E-state index is 0.0669. The molecule has 7 heteroatoms. The molecule has 2 aromatic rings. The van der Waals surface area contributed by atoms with Crippen molar-refractivity contribution in [2.45, 2.75) is 45.6 Å². The van der Waals surface area contributed by atoms with Crippen LogP contribution >= 0.6 is 11.6 Å². The highest BCUT2D eigenvalue weighted by Crippen LogP contribution is 2.29. The molecular weight excluding hydrogens is 396 g/mol. The van der Waals surface area contributed by atoms with Gasteiger partial charge in [-0.2, -0.15) is 0 Å². The zero-order valence-electron chi connectivity index (χ0n) is 16.9. The Labute approximate surface area is 172 Å². The molecule has 5 nitrogen and oxygen atoms in total. The Morgan fingerprint density at radius 2 is 1.68 bits per heavy atom. The highest BCUT2D eigenvalue weighted by atomic mass is 35.5. The summed E-state index contributed by atoms with van der Waals surface area (Å²) in [5.74, 6) is -0.116. The second-order valence-corrected chi connectivity index (χ2v) is 9.65. The fourth-order valence-electron chi connectivity index (χ4n) is 2.63. The van der Waals surface area contributed by atoms with Crippen molar-refractivity contribution in [1.82, 2.24) is 5.32 Å². The maximum absolute atomic E-state index is 13.3. The topological polar surface area (TPSA) is 66.5 Å². The maximum atomic E-state index is 13.3. The highest BCUT2D eigenvalue weighted by molar-refractivity contribution is 7.92. The van der Waals surface area contributed by atoms with E-state index in [-0.39, 0.29) is 29.3 Å². The van der Waals surface area contributed by atoms with Gasteiger partial charge in [0, 0.05) is 11.1 Å². The monoisotopic (exact) mass is 422 g/mol. The summed E-state index contributed by atoms with van der Waals surface area (Å²) in [7, 11) is -3.93. The lowest BCUT2D eigenvalue weighted by molar-refractivity contribution is -0.120. The molecule has 0 aromatic heterocycles. The minimum atomic E-state index is -3.93. The van der Waals surface area contributed by atoms with Crippen LogP contribution in [0.25, 0.3) is 0 Å². The molecular formula is C21H27ClN2O3S. The predicted octanol–water partition coefficient (Wildman–Crippen LogP) is 4.31. The molecule has 0 aliphatic heterocycles. The molecule has 0 spiro atoms. The second kappa shape index (κ2) is 8.97. The number of benzene rings is 2. The number of amides is 1. The average Bonchev–Trinajstić information content (AvgIpc) is 2.60. The van der Waals surface area contributed by atoms with Crippen LogP contribution < -0.4 is 9.62 Å². The van der Waals surface area contributed by atoms with Crippen molar-refractivity contribution >= 4 is 33.2 Å². The highest BCUT2D eigenvalue weighted by Gasteiger charge is 2.28. The average molecular weight is 423 g/mol. The molecule has 0 aliphatic carbocycles. The van der Waals surface area contributed by atoms with E-state index in [1.165, 1.54) is 0 Å². The Hall–Kier alpha value is -2.05. The first-order valence-electron chi connectivity index (χ1n) is 9.17. The summed E-state index contributed by atoms with van der Waals surface area (Å²) >= 11 is 6.03. The van der Waals surface area contributed by atoms with Crippen LogP contribution in [0.2, 0.25) is 5.02 Å². The van der Waals surface area contributed by atoms with Crippen LogP contribution in [0.15, 0.2) is 47.4 Å². The first kappa shape index (κ1) is 22.2. The lowest BCUT2D eigenvalue weighted by atomic mass is 10.1. The number of nitrogens with one attached hydrogen (secondary N) is 1. The van der Waals surface area contributed by atoms with Gasteiger partial charge < -0.3 is 5.32 Å². The minimum Gasteiger partial charge on any atom is -0.352 e. The van der Waals surface area contributed by atoms with Gasteiger partial charge in [0.15, 0.2) is 0 Å². The van der Waals surface area contributed by atoms with Crippen molar-refractivity contribution in [3.8, 4) is 0 Å². The van der Waals surface area contributed by atoms with Gasteiger partial charge in [-0.3, -0.25) is 9.10 Å². The lowest BCUT2D eigenvalue weighted by Crippen LogP contribution is -2.45. The molecule has 1 atom stereocenters. The van der Waals surface area contributed by atoms with Gasteiger partial charge in [0.25, 0.3) is 10.0 Å². The third kappa shape index (κ3) is 5.26. The number of anilines is 1. The molecule has 1 amide bonds. The van der Waals surface area contributed by atoms with E-state index in [2.05, 4.69) is 5.32 Å². The second-order valence-electron chi connectivity index (χ2n) is 7.36. The van der Waals surface area contributed by atoms with Gasteiger partial charge in [0.2, 0.25) is 5.91 Å². The van der Waals surface area contributed by atoms with Crippen molar-refractivity contribution in [2.75, 3.05) is 10.8 Å². The number of hydrogen-bond acceptors (Lipinski definition) is 3. The van der Waals surface area contributed by atoms with E-state index in [9.17, 15) is 13.2 Å². The van der Waals surface area contributed by atoms with Gasteiger partial charge >= 0.3 is 0 Å². The SMILES string of the molecule is Cc1ccc(S(=O)(=O)N(CC(=O)N[C@@H](C)C(C)C)c2ccc(Cl)cc2C)cc1. The van der Waals surface area contributed by atoms with E-state index < -0.39 is 10.0 Å². The molecule has 0 radical (unpaired) electrons. The van der Waals surface area contributed by atoms with Crippen LogP contribution in [0.3, 0.4) is 0 Å². The van der Waals surface area contributed by atoms with Gasteiger partial charge in [-0.25, -0.2) is 8.42 Å². The molecule has 152 valence electrons. The number of carbonyl (C=O) groups excluding carboxylic acids is 1. The number of sulfonamides is 1. The van der Waals surface area contributed by atoms with Crippen molar-refractivity contribution in [1.29, 1.82) is 0 Å². The number of carbonyl (C=O) groups is 1. The molecule has 28 heavy (non-hydrogen) atoms. The van der Waals surface area contributed by atoms with E-state index in [4.69, 9.17) is 11.6 Å². The molecule has 0 bridgehead atoms. The van der Waals surface area contributed by atoms with Gasteiger partial charge in [0.1, 0.15) is 6.54 Å². The fourth-order valence-corrected chi connectivity index (χ4v) is 4.34. The Morgan fingerprint density at radius 1 is 1.07 bits per heavy atom. The van der Waals surface area contributed by atoms with Crippen LogP contribution in [0, 0.1) is 19.8 Å². The van der Waals surface area contributed by atoms with Crippen LogP contribution in [0.5, 0.6) is 0 Å². The van der Waals surface area contributed by atoms with E-state index in [0.29, 0.717) is 16.3 Å². The number of aryl methyl sites for hydroxylation is 2. The molecule has 0 unspecified atom stereocenters. The van der Waals surface area contributed by atoms with Crippen LogP contribution in [-0.4, -0.2) is 26.9 Å². The van der Waals surface area contributed by atoms with Crippen molar-refractivity contribution in [2.24, 2.45) is 5.92 Å². The molecule has 0 fully saturated rings. The summed E-state index contributed by atoms with van der Waals surface area (Å²) in [6.07, 6.45) is 0. The Morgan fingerprint density at radius 3 is 2.21 bits per heavy atom. The number of halogens is 1. The fraction of sp³-hybridized carbons (Fsp3) is 0.381. The first-order valence-corrected chi connectivity index (χ1v) is 11.0. The van der Waals surface area contributed by atoms with Gasteiger partial charge in [-0.05, 0) is 62.6 Å². The number of nitrogens with zero attached hydrogens (tertiary/aromatic N) is 1. The Balaban J connectivity index is 2.46.